The highest BCUT2D eigenvalue weighted by Gasteiger charge is 2.37. The van der Waals surface area contributed by atoms with Gasteiger partial charge in [0.15, 0.2) is 4.77 Å². The van der Waals surface area contributed by atoms with Crippen LogP contribution in [0.4, 0.5) is 23.2 Å². The number of nitrogens with two attached hydrogens (primary N) is 1. The van der Waals surface area contributed by atoms with Crippen LogP contribution in [0.2, 0.25) is 0 Å². The number of aromatic amines is 2. The molecule has 3 aromatic rings. The summed E-state index contributed by atoms with van der Waals surface area (Å²) >= 11 is 4.72. The number of nitrogens with one attached hydrogen (secondary N) is 2. The van der Waals surface area contributed by atoms with Crippen LogP contribution < -0.4 is 16.9 Å². The number of benzene rings is 1. The van der Waals surface area contributed by atoms with Gasteiger partial charge in [0.1, 0.15) is 22.7 Å². The molecule has 2 aromatic heterocycles. The summed E-state index contributed by atoms with van der Waals surface area (Å²) in [5, 5.41) is -0.558. The van der Waals surface area contributed by atoms with E-state index in [1.807, 2.05) is 0 Å². The standard InChI is InChI=1S/C14H8F4N4O2S/c15-6-2-1-3-7(19)10(6)22-8(14(16,17)18)4-5-9(12(22)24)20-13(25)21-11(5)23/h1-4H,19H2,(H2,20,21,23,25). The van der Waals surface area contributed by atoms with Crippen LogP contribution in [0.15, 0.2) is 33.9 Å². The molecule has 0 aliphatic rings. The maximum atomic E-state index is 14.1. The van der Waals surface area contributed by atoms with Crippen molar-refractivity contribution in [2.45, 2.75) is 6.18 Å². The molecule has 130 valence electrons. The van der Waals surface area contributed by atoms with Gasteiger partial charge in [-0.25, -0.2) is 4.39 Å². The van der Waals surface area contributed by atoms with Crippen molar-refractivity contribution in [1.29, 1.82) is 0 Å². The highest BCUT2D eigenvalue weighted by Crippen LogP contribution is 2.33. The SMILES string of the molecule is Nc1cccc(F)c1-n1c(C(F)(F)F)cc2c(=O)[nH]c(=S)[nH]c2c1=O. The van der Waals surface area contributed by atoms with E-state index in [4.69, 9.17) is 18.0 Å². The number of hydrogen-bond acceptors (Lipinski definition) is 4. The molecule has 0 aliphatic heterocycles. The zero-order chi connectivity index (χ0) is 18.5. The lowest BCUT2D eigenvalue weighted by molar-refractivity contribution is -0.142. The van der Waals surface area contributed by atoms with Gasteiger partial charge in [0.25, 0.3) is 11.1 Å². The normalized spacial score (nSPS) is 11.8. The average molecular weight is 372 g/mol. The van der Waals surface area contributed by atoms with Gasteiger partial charge < -0.3 is 10.7 Å². The first kappa shape index (κ1) is 16.9. The molecule has 11 heteroatoms. The van der Waals surface area contributed by atoms with Gasteiger partial charge in [0, 0.05) is 0 Å². The number of pyridine rings is 1. The number of aromatic nitrogens is 3. The van der Waals surface area contributed by atoms with E-state index < -0.39 is 45.4 Å². The predicted molar refractivity (Wildman–Crippen MR) is 84.7 cm³/mol. The number of nitrogen functional groups attached to an aromatic ring is 1. The quantitative estimate of drug-likeness (QED) is 0.347. The molecule has 0 radical (unpaired) electrons. The van der Waals surface area contributed by atoms with Gasteiger partial charge in [-0.1, -0.05) is 6.07 Å². The van der Waals surface area contributed by atoms with Crippen molar-refractivity contribution in [2.24, 2.45) is 0 Å². The Bertz CT molecular complexity index is 1160. The third kappa shape index (κ3) is 2.71. The number of hydrogen-bond donors (Lipinski definition) is 3. The lowest BCUT2D eigenvalue weighted by Crippen LogP contribution is -2.30. The summed E-state index contributed by atoms with van der Waals surface area (Å²) in [5.74, 6) is -1.13. The zero-order valence-electron chi connectivity index (χ0n) is 12.1. The first-order chi connectivity index (χ1) is 11.6. The molecule has 2 heterocycles. The smallest absolute Gasteiger partial charge is 0.397 e. The van der Waals surface area contributed by atoms with Crippen LogP contribution in [-0.2, 0) is 6.18 Å². The van der Waals surface area contributed by atoms with Gasteiger partial charge in [-0.3, -0.25) is 19.1 Å². The molecule has 0 saturated carbocycles. The molecule has 0 amide bonds. The molecule has 3 rings (SSSR count). The molecular formula is C14H8F4N4O2S. The van der Waals surface area contributed by atoms with Crippen molar-refractivity contribution in [2.75, 3.05) is 5.73 Å². The van der Waals surface area contributed by atoms with E-state index in [9.17, 15) is 27.2 Å². The number of para-hydroxylation sites is 1. The summed E-state index contributed by atoms with van der Waals surface area (Å²) in [6, 6.07) is 3.64. The van der Waals surface area contributed by atoms with Crippen molar-refractivity contribution >= 4 is 28.8 Å². The number of anilines is 1. The minimum Gasteiger partial charge on any atom is -0.397 e. The fourth-order valence-electron chi connectivity index (χ4n) is 2.42. The number of nitrogens with zero attached hydrogens (tertiary/aromatic N) is 1. The number of rotatable bonds is 1. The first-order valence-corrected chi connectivity index (χ1v) is 7.06. The van der Waals surface area contributed by atoms with Crippen molar-refractivity contribution in [1.82, 2.24) is 14.5 Å². The molecule has 4 N–H and O–H groups in total. The van der Waals surface area contributed by atoms with E-state index in [-0.39, 0.29) is 15.0 Å². The maximum absolute atomic E-state index is 14.1. The summed E-state index contributed by atoms with van der Waals surface area (Å²) in [6.45, 7) is 0. The largest absolute Gasteiger partial charge is 0.431 e. The molecular weight excluding hydrogens is 364 g/mol. The van der Waals surface area contributed by atoms with Crippen molar-refractivity contribution < 1.29 is 17.6 Å². The van der Waals surface area contributed by atoms with Crippen LogP contribution in [0.3, 0.4) is 0 Å². The second-order valence-electron chi connectivity index (χ2n) is 5.04. The molecule has 0 fully saturated rings. The van der Waals surface area contributed by atoms with Crippen molar-refractivity contribution in [3.05, 3.63) is 61.3 Å². The number of alkyl halides is 3. The molecule has 1 aromatic carbocycles. The van der Waals surface area contributed by atoms with Gasteiger partial charge in [-0.15, -0.1) is 0 Å². The Balaban J connectivity index is 2.63. The Morgan fingerprint density at radius 2 is 1.84 bits per heavy atom. The average Bonchev–Trinajstić information content (AvgIpc) is 2.48. The maximum Gasteiger partial charge on any atom is 0.431 e. The van der Waals surface area contributed by atoms with Crippen LogP contribution in [-0.4, -0.2) is 14.5 Å². The molecule has 0 atom stereocenters. The fraction of sp³-hybridized carbons (Fsp3) is 0.0714. The summed E-state index contributed by atoms with van der Waals surface area (Å²) in [7, 11) is 0. The van der Waals surface area contributed by atoms with E-state index in [0.717, 1.165) is 12.1 Å². The minimum absolute atomic E-state index is 0.0811. The molecule has 0 spiro atoms. The van der Waals surface area contributed by atoms with Gasteiger partial charge in [-0.05, 0) is 30.4 Å². The number of halogens is 4. The van der Waals surface area contributed by atoms with E-state index in [2.05, 4.69) is 9.97 Å². The Labute approximate surface area is 140 Å². The van der Waals surface area contributed by atoms with Crippen LogP contribution in [0.1, 0.15) is 5.69 Å². The number of fused-ring (bicyclic) bond motifs is 1. The third-order valence-corrected chi connectivity index (χ3v) is 3.65. The van der Waals surface area contributed by atoms with E-state index in [1.165, 1.54) is 6.07 Å². The monoisotopic (exact) mass is 372 g/mol. The minimum atomic E-state index is -5.05. The van der Waals surface area contributed by atoms with Gasteiger partial charge in [0.05, 0.1) is 11.1 Å². The molecule has 0 saturated heterocycles. The zero-order valence-corrected chi connectivity index (χ0v) is 12.9. The Hall–Kier alpha value is -2.95. The predicted octanol–water partition coefficient (Wildman–Crippen LogP) is 2.48. The summed E-state index contributed by atoms with van der Waals surface area (Å²) < 4.78 is 54.3. The lowest BCUT2D eigenvalue weighted by atomic mass is 10.2. The van der Waals surface area contributed by atoms with E-state index in [0.29, 0.717) is 6.07 Å². The Kier molecular flexibility index (Phi) is 3.75. The molecule has 6 nitrogen and oxygen atoms in total. The lowest BCUT2D eigenvalue weighted by Gasteiger charge is -2.18. The topological polar surface area (TPSA) is 96.7 Å². The Morgan fingerprint density at radius 3 is 2.44 bits per heavy atom. The summed E-state index contributed by atoms with van der Waals surface area (Å²) in [5.41, 5.74) is 0.108. The van der Waals surface area contributed by atoms with Crippen LogP contribution in [0.5, 0.6) is 0 Å². The summed E-state index contributed by atoms with van der Waals surface area (Å²) in [4.78, 5) is 28.9. The highest BCUT2D eigenvalue weighted by atomic mass is 32.1. The molecule has 0 unspecified atom stereocenters. The van der Waals surface area contributed by atoms with Gasteiger partial charge >= 0.3 is 6.18 Å². The van der Waals surface area contributed by atoms with Crippen LogP contribution in [0.25, 0.3) is 16.6 Å². The van der Waals surface area contributed by atoms with Gasteiger partial charge in [-0.2, -0.15) is 13.2 Å². The first-order valence-electron chi connectivity index (χ1n) is 6.65. The van der Waals surface area contributed by atoms with Crippen LogP contribution >= 0.6 is 12.2 Å². The molecule has 0 bridgehead atoms. The third-order valence-electron chi connectivity index (χ3n) is 3.45. The number of H-pyrrole nitrogens is 2. The highest BCUT2D eigenvalue weighted by molar-refractivity contribution is 7.71. The van der Waals surface area contributed by atoms with E-state index in [1.54, 1.807) is 0 Å². The summed E-state index contributed by atoms with van der Waals surface area (Å²) in [6.07, 6.45) is -5.05. The second-order valence-corrected chi connectivity index (χ2v) is 5.45. The van der Waals surface area contributed by atoms with Crippen LogP contribution in [0, 0.1) is 10.6 Å². The van der Waals surface area contributed by atoms with Crippen molar-refractivity contribution in [3.8, 4) is 5.69 Å². The molecule has 25 heavy (non-hydrogen) atoms. The Morgan fingerprint density at radius 1 is 1.16 bits per heavy atom. The van der Waals surface area contributed by atoms with Gasteiger partial charge in [0.2, 0.25) is 0 Å². The van der Waals surface area contributed by atoms with Crippen molar-refractivity contribution in [3.63, 3.8) is 0 Å². The fourth-order valence-corrected chi connectivity index (χ4v) is 2.62. The molecule has 0 aliphatic carbocycles. The second kappa shape index (κ2) is 5.55. The van der Waals surface area contributed by atoms with E-state index >= 15 is 0 Å².